The van der Waals surface area contributed by atoms with E-state index in [1.807, 2.05) is 4.90 Å². The quantitative estimate of drug-likeness (QED) is 0.798. The molecule has 1 atom stereocenters. The van der Waals surface area contributed by atoms with E-state index < -0.39 is 0 Å². The number of hydrogen-bond donors (Lipinski definition) is 0. The molecule has 3 rings (SSSR count). The fourth-order valence-electron chi connectivity index (χ4n) is 3.19. The summed E-state index contributed by atoms with van der Waals surface area (Å²) in [6, 6.07) is 10.9. The average molecular weight is 358 g/mol. The lowest BCUT2D eigenvalue weighted by molar-refractivity contribution is -0.133. The number of rotatable bonds is 6. The van der Waals surface area contributed by atoms with Gasteiger partial charge in [-0.15, -0.1) is 0 Å². The molecule has 0 bridgehead atoms. The highest BCUT2D eigenvalue weighted by Gasteiger charge is 2.24. The van der Waals surface area contributed by atoms with Crippen LogP contribution in [0, 0.1) is 11.7 Å². The molecule has 0 saturated carbocycles. The van der Waals surface area contributed by atoms with E-state index in [1.54, 1.807) is 35.0 Å². The number of nitrogens with zero attached hydrogens (tertiary/aromatic N) is 2. The second kappa shape index (κ2) is 8.65. The number of carbonyl (C=O) groups excluding carboxylic acids is 1. The van der Waals surface area contributed by atoms with Gasteiger partial charge >= 0.3 is 0 Å². The van der Waals surface area contributed by atoms with Gasteiger partial charge in [-0.2, -0.15) is 0 Å². The maximum Gasteiger partial charge on any atom is 0.250 e. The lowest BCUT2D eigenvalue weighted by Crippen LogP contribution is -2.42. The number of piperidine rings is 1. The Kier molecular flexibility index (Phi) is 6.04. The fourth-order valence-corrected chi connectivity index (χ4v) is 3.19. The van der Waals surface area contributed by atoms with Gasteiger partial charge in [0.2, 0.25) is 5.91 Å². The lowest BCUT2D eigenvalue weighted by atomic mass is 9.98. The number of ether oxygens (including phenoxy) is 1. The summed E-state index contributed by atoms with van der Waals surface area (Å²) >= 11 is 0. The van der Waals surface area contributed by atoms with E-state index in [1.165, 1.54) is 18.2 Å². The Morgan fingerprint density at radius 1 is 1.19 bits per heavy atom. The maximum absolute atomic E-state index is 12.9. The number of likely N-dealkylation sites (tertiary alicyclic amines) is 1. The van der Waals surface area contributed by atoms with Crippen molar-refractivity contribution in [3.63, 3.8) is 0 Å². The molecule has 0 N–H and O–H groups in total. The highest BCUT2D eigenvalue weighted by molar-refractivity contribution is 5.76. The maximum atomic E-state index is 12.9. The summed E-state index contributed by atoms with van der Waals surface area (Å²) in [5.74, 6) is 0.673. The van der Waals surface area contributed by atoms with E-state index in [4.69, 9.17) is 4.74 Å². The second-order valence-electron chi connectivity index (χ2n) is 6.60. The molecule has 26 heavy (non-hydrogen) atoms. The van der Waals surface area contributed by atoms with Gasteiger partial charge in [-0.05, 0) is 43.2 Å². The molecule has 5 nitrogen and oxygen atoms in total. The van der Waals surface area contributed by atoms with Gasteiger partial charge in [-0.1, -0.05) is 6.07 Å². The Bertz CT molecular complexity index is 788. The minimum atomic E-state index is -0.288. The molecule has 138 valence electrons. The van der Waals surface area contributed by atoms with E-state index in [2.05, 4.69) is 0 Å². The van der Waals surface area contributed by atoms with Crippen molar-refractivity contribution in [3.8, 4) is 5.75 Å². The van der Waals surface area contributed by atoms with Crippen LogP contribution in [0.5, 0.6) is 5.75 Å². The van der Waals surface area contributed by atoms with Crippen LogP contribution in [-0.4, -0.2) is 35.1 Å². The number of pyridine rings is 1. The third-order valence-corrected chi connectivity index (χ3v) is 4.64. The third kappa shape index (κ3) is 4.94. The van der Waals surface area contributed by atoms with Gasteiger partial charge in [-0.25, -0.2) is 4.39 Å². The Morgan fingerprint density at radius 3 is 2.77 bits per heavy atom. The first-order valence-corrected chi connectivity index (χ1v) is 8.93. The zero-order chi connectivity index (χ0) is 18.4. The van der Waals surface area contributed by atoms with Crippen LogP contribution in [0.2, 0.25) is 0 Å². The molecule has 1 amide bonds. The largest absolute Gasteiger partial charge is 0.493 e. The van der Waals surface area contributed by atoms with E-state index >= 15 is 0 Å². The van der Waals surface area contributed by atoms with Crippen molar-refractivity contribution in [3.05, 3.63) is 64.8 Å². The zero-order valence-corrected chi connectivity index (χ0v) is 14.6. The molecule has 0 spiro atoms. The molecule has 6 heteroatoms. The molecule has 0 aliphatic carbocycles. The van der Waals surface area contributed by atoms with Gasteiger partial charge < -0.3 is 14.2 Å². The Hall–Kier alpha value is -2.63. The van der Waals surface area contributed by atoms with Gasteiger partial charge in [0.1, 0.15) is 11.6 Å². The number of benzene rings is 1. The van der Waals surface area contributed by atoms with Crippen LogP contribution in [0.4, 0.5) is 4.39 Å². The van der Waals surface area contributed by atoms with E-state index in [-0.39, 0.29) is 23.2 Å². The standard InChI is InChI=1S/C20H23FN2O3/c21-17-6-8-18(9-7-17)26-15-16-4-3-12-23(14-16)20(25)10-13-22-11-2-1-5-19(22)24/h1-2,5-9,11,16H,3-4,10,12-15H2/t16-/m0/s1. The SMILES string of the molecule is O=C(CCn1ccccc1=O)N1CCC[C@H](COc2ccc(F)cc2)C1. The summed E-state index contributed by atoms with van der Waals surface area (Å²) in [6.07, 6.45) is 3.96. The zero-order valence-electron chi connectivity index (χ0n) is 14.6. The highest BCUT2D eigenvalue weighted by atomic mass is 19.1. The van der Waals surface area contributed by atoms with E-state index in [0.29, 0.717) is 31.9 Å². The van der Waals surface area contributed by atoms with Crippen molar-refractivity contribution >= 4 is 5.91 Å². The second-order valence-corrected chi connectivity index (χ2v) is 6.60. The molecule has 1 saturated heterocycles. The third-order valence-electron chi connectivity index (χ3n) is 4.64. The first-order chi connectivity index (χ1) is 12.6. The molecule has 1 aromatic heterocycles. The van der Waals surface area contributed by atoms with Crippen LogP contribution >= 0.6 is 0 Å². The van der Waals surface area contributed by atoms with E-state index in [0.717, 1.165) is 19.4 Å². The van der Waals surface area contributed by atoms with Crippen molar-refractivity contribution in [2.45, 2.75) is 25.8 Å². The average Bonchev–Trinajstić information content (AvgIpc) is 2.67. The van der Waals surface area contributed by atoms with Crippen molar-refractivity contribution in [2.24, 2.45) is 5.92 Å². The lowest BCUT2D eigenvalue weighted by Gasteiger charge is -2.32. The summed E-state index contributed by atoms with van der Waals surface area (Å²) in [6.45, 7) is 2.30. The Balaban J connectivity index is 1.48. The Morgan fingerprint density at radius 2 is 2.00 bits per heavy atom. The molecule has 2 heterocycles. The number of hydrogen-bond acceptors (Lipinski definition) is 3. The van der Waals surface area contributed by atoms with Gasteiger partial charge in [0, 0.05) is 44.2 Å². The first-order valence-electron chi connectivity index (χ1n) is 8.93. The number of amides is 1. The minimum Gasteiger partial charge on any atom is -0.493 e. The van der Waals surface area contributed by atoms with Crippen LogP contribution < -0.4 is 10.3 Å². The van der Waals surface area contributed by atoms with Gasteiger partial charge in [-0.3, -0.25) is 9.59 Å². The predicted octanol–water partition coefficient (Wildman–Crippen LogP) is 2.70. The molecule has 1 aliphatic rings. The van der Waals surface area contributed by atoms with Crippen molar-refractivity contribution in [1.29, 1.82) is 0 Å². The topological polar surface area (TPSA) is 51.5 Å². The first kappa shape index (κ1) is 18.2. The van der Waals surface area contributed by atoms with Crippen molar-refractivity contribution < 1.29 is 13.9 Å². The van der Waals surface area contributed by atoms with Gasteiger partial charge in [0.15, 0.2) is 0 Å². The summed E-state index contributed by atoms with van der Waals surface area (Å²) in [7, 11) is 0. The molecular formula is C20H23FN2O3. The van der Waals surface area contributed by atoms with Crippen LogP contribution in [0.15, 0.2) is 53.5 Å². The Labute approximate surface area is 152 Å². The number of aromatic nitrogens is 1. The molecule has 1 aromatic carbocycles. The van der Waals surface area contributed by atoms with Crippen LogP contribution in [0.1, 0.15) is 19.3 Å². The summed E-state index contributed by atoms with van der Waals surface area (Å²) in [5, 5.41) is 0. The summed E-state index contributed by atoms with van der Waals surface area (Å²) < 4.78 is 20.2. The smallest absolute Gasteiger partial charge is 0.250 e. The number of carbonyl (C=O) groups is 1. The molecule has 1 aliphatic heterocycles. The minimum absolute atomic E-state index is 0.0623. The van der Waals surface area contributed by atoms with Crippen LogP contribution in [0.3, 0.4) is 0 Å². The summed E-state index contributed by atoms with van der Waals surface area (Å²) in [5.41, 5.74) is -0.0930. The normalized spacial score (nSPS) is 17.1. The van der Waals surface area contributed by atoms with Gasteiger partial charge in [0.25, 0.3) is 5.56 Å². The summed E-state index contributed by atoms with van der Waals surface area (Å²) in [4.78, 5) is 26.0. The van der Waals surface area contributed by atoms with Crippen molar-refractivity contribution in [2.75, 3.05) is 19.7 Å². The number of halogens is 1. The van der Waals surface area contributed by atoms with E-state index in [9.17, 15) is 14.0 Å². The molecule has 0 unspecified atom stereocenters. The monoisotopic (exact) mass is 358 g/mol. The van der Waals surface area contributed by atoms with Crippen LogP contribution in [0.25, 0.3) is 0 Å². The highest BCUT2D eigenvalue weighted by Crippen LogP contribution is 2.19. The molecule has 1 fully saturated rings. The van der Waals surface area contributed by atoms with Crippen LogP contribution in [-0.2, 0) is 11.3 Å². The number of aryl methyl sites for hydroxylation is 1. The molecule has 0 radical (unpaired) electrons. The predicted molar refractivity (Wildman–Crippen MR) is 96.5 cm³/mol. The molecule has 2 aromatic rings. The van der Waals surface area contributed by atoms with Crippen molar-refractivity contribution in [1.82, 2.24) is 9.47 Å². The van der Waals surface area contributed by atoms with Gasteiger partial charge in [0.05, 0.1) is 6.61 Å². The fraction of sp³-hybridized carbons (Fsp3) is 0.400. The molecular weight excluding hydrogens is 335 g/mol.